The largest absolute Gasteiger partial charge is 0.385 e. The second kappa shape index (κ2) is 8.97. The molecule has 146 valence electrons. The van der Waals surface area contributed by atoms with E-state index in [-0.39, 0.29) is 17.9 Å². The molecule has 1 aromatic rings. The lowest BCUT2D eigenvalue weighted by atomic mass is 9.97. The van der Waals surface area contributed by atoms with Gasteiger partial charge < -0.3 is 10.1 Å². The van der Waals surface area contributed by atoms with E-state index in [9.17, 15) is 13.2 Å². The number of piperidine rings is 1. The number of rotatable bonds is 7. The van der Waals surface area contributed by atoms with Gasteiger partial charge in [-0.05, 0) is 63.3 Å². The molecule has 1 heterocycles. The molecule has 26 heavy (non-hydrogen) atoms. The van der Waals surface area contributed by atoms with Crippen molar-refractivity contribution >= 4 is 15.9 Å². The van der Waals surface area contributed by atoms with E-state index in [1.54, 1.807) is 19.2 Å². The van der Waals surface area contributed by atoms with E-state index in [1.165, 1.54) is 4.31 Å². The van der Waals surface area contributed by atoms with E-state index in [2.05, 4.69) is 5.32 Å². The first-order chi connectivity index (χ1) is 12.3. The summed E-state index contributed by atoms with van der Waals surface area (Å²) in [5, 5.41) is 3.00. The Hall–Kier alpha value is -1.44. The van der Waals surface area contributed by atoms with E-state index >= 15 is 0 Å². The average Bonchev–Trinajstić information content (AvgIpc) is 2.62. The van der Waals surface area contributed by atoms with Crippen LogP contribution >= 0.6 is 0 Å². The number of ether oxygens (including phenoxy) is 1. The van der Waals surface area contributed by atoms with Gasteiger partial charge in [-0.25, -0.2) is 8.42 Å². The minimum atomic E-state index is -3.50. The highest BCUT2D eigenvalue weighted by molar-refractivity contribution is 7.89. The minimum Gasteiger partial charge on any atom is -0.385 e. The monoisotopic (exact) mass is 382 g/mol. The number of methoxy groups -OCH3 is 1. The lowest BCUT2D eigenvalue weighted by Gasteiger charge is -2.31. The third kappa shape index (κ3) is 5.05. The molecular formula is C19H30N2O4S. The summed E-state index contributed by atoms with van der Waals surface area (Å²) in [6, 6.07) is 5.28. The van der Waals surface area contributed by atoms with Crippen molar-refractivity contribution in [3.8, 4) is 0 Å². The third-order valence-electron chi connectivity index (χ3n) is 5.08. The predicted octanol–water partition coefficient (Wildman–Crippen LogP) is 2.25. The van der Waals surface area contributed by atoms with Crippen molar-refractivity contribution in [3.05, 3.63) is 29.3 Å². The smallest absolute Gasteiger partial charge is 0.243 e. The number of nitrogens with one attached hydrogen (secondary N) is 1. The van der Waals surface area contributed by atoms with Gasteiger partial charge in [0.25, 0.3) is 0 Å². The maximum absolute atomic E-state index is 12.8. The fourth-order valence-electron chi connectivity index (χ4n) is 3.11. The van der Waals surface area contributed by atoms with Gasteiger partial charge in [0.2, 0.25) is 15.9 Å². The first-order valence-corrected chi connectivity index (χ1v) is 10.6. The average molecular weight is 383 g/mol. The van der Waals surface area contributed by atoms with Crippen molar-refractivity contribution in [1.82, 2.24) is 9.62 Å². The molecule has 2 rings (SSSR count). The van der Waals surface area contributed by atoms with Crippen LogP contribution < -0.4 is 5.32 Å². The number of amides is 1. The van der Waals surface area contributed by atoms with Gasteiger partial charge in [0, 0.05) is 38.8 Å². The van der Waals surface area contributed by atoms with Gasteiger partial charge in [0.05, 0.1) is 4.90 Å². The van der Waals surface area contributed by atoms with E-state index in [1.807, 2.05) is 26.8 Å². The minimum absolute atomic E-state index is 0.0110. The SMILES string of the molecule is COCCC(C)NC(=O)C1CCN(S(=O)(=O)c2ccc(C)c(C)c2)CC1. The Labute approximate surface area is 157 Å². The zero-order valence-corrected chi connectivity index (χ0v) is 16.9. The molecule has 0 bridgehead atoms. The van der Waals surface area contributed by atoms with Gasteiger partial charge in [0.15, 0.2) is 0 Å². The molecule has 0 aliphatic carbocycles. The fraction of sp³-hybridized carbons (Fsp3) is 0.632. The second-order valence-electron chi connectivity index (χ2n) is 7.12. The van der Waals surface area contributed by atoms with Crippen LogP contribution in [0.3, 0.4) is 0 Å². The van der Waals surface area contributed by atoms with E-state index < -0.39 is 10.0 Å². The van der Waals surface area contributed by atoms with Crippen LogP contribution in [-0.2, 0) is 19.6 Å². The molecule has 1 fully saturated rings. The molecule has 1 aromatic carbocycles. The van der Waals surface area contributed by atoms with Crippen LogP contribution in [0.1, 0.15) is 37.3 Å². The first-order valence-electron chi connectivity index (χ1n) is 9.12. The van der Waals surface area contributed by atoms with Crippen molar-refractivity contribution in [2.45, 2.75) is 51.0 Å². The summed E-state index contributed by atoms with van der Waals surface area (Å²) in [6.45, 7) is 7.18. The molecule has 1 saturated heterocycles. The number of carbonyl (C=O) groups excluding carboxylic acids is 1. The van der Waals surface area contributed by atoms with Crippen LogP contribution in [0.4, 0.5) is 0 Å². The standard InChI is InChI=1S/C19H30N2O4S/c1-14-5-6-18(13-15(14)2)26(23,24)21-10-7-17(8-11-21)19(22)20-16(3)9-12-25-4/h5-6,13,16-17H,7-12H2,1-4H3,(H,20,22). The number of nitrogens with zero attached hydrogens (tertiary/aromatic N) is 1. The van der Waals surface area contributed by atoms with Gasteiger partial charge in [-0.3, -0.25) is 4.79 Å². The van der Waals surface area contributed by atoms with Gasteiger partial charge in [-0.1, -0.05) is 6.07 Å². The molecule has 0 radical (unpaired) electrons. The Morgan fingerprint density at radius 2 is 1.92 bits per heavy atom. The topological polar surface area (TPSA) is 75.7 Å². The number of benzene rings is 1. The Kier molecular flexibility index (Phi) is 7.20. The van der Waals surface area contributed by atoms with Crippen LogP contribution in [0, 0.1) is 19.8 Å². The number of hydrogen-bond acceptors (Lipinski definition) is 4. The molecule has 1 N–H and O–H groups in total. The number of aryl methyl sites for hydroxylation is 2. The number of carbonyl (C=O) groups is 1. The van der Waals surface area contributed by atoms with Crippen molar-refractivity contribution in [2.75, 3.05) is 26.8 Å². The number of hydrogen-bond donors (Lipinski definition) is 1. The highest BCUT2D eigenvalue weighted by Gasteiger charge is 2.32. The summed E-state index contributed by atoms with van der Waals surface area (Å²) < 4.78 is 32.2. The Balaban J connectivity index is 1.94. The van der Waals surface area contributed by atoms with E-state index in [4.69, 9.17) is 4.74 Å². The van der Waals surface area contributed by atoms with E-state index in [0.717, 1.165) is 17.5 Å². The quantitative estimate of drug-likeness (QED) is 0.785. The lowest BCUT2D eigenvalue weighted by Crippen LogP contribution is -2.45. The molecule has 1 aliphatic heterocycles. The maximum atomic E-state index is 12.8. The normalized spacial score (nSPS) is 17.8. The molecule has 0 aromatic heterocycles. The number of sulfonamides is 1. The van der Waals surface area contributed by atoms with Crippen molar-refractivity contribution in [1.29, 1.82) is 0 Å². The second-order valence-corrected chi connectivity index (χ2v) is 9.05. The molecule has 7 heteroatoms. The van der Waals surface area contributed by atoms with E-state index in [0.29, 0.717) is 37.4 Å². The molecule has 1 amide bonds. The summed E-state index contributed by atoms with van der Waals surface area (Å²) in [5.74, 6) is -0.122. The third-order valence-corrected chi connectivity index (χ3v) is 6.98. The Morgan fingerprint density at radius 1 is 1.27 bits per heavy atom. The fourth-order valence-corrected chi connectivity index (χ4v) is 4.66. The molecule has 6 nitrogen and oxygen atoms in total. The molecule has 1 aliphatic rings. The Bertz CT molecular complexity index is 725. The predicted molar refractivity (Wildman–Crippen MR) is 101 cm³/mol. The summed E-state index contributed by atoms with van der Waals surface area (Å²) in [6.07, 6.45) is 1.86. The zero-order chi connectivity index (χ0) is 19.3. The van der Waals surface area contributed by atoms with Crippen molar-refractivity contribution in [2.24, 2.45) is 5.92 Å². The van der Waals surface area contributed by atoms with Crippen LogP contribution in [0.5, 0.6) is 0 Å². The summed E-state index contributed by atoms with van der Waals surface area (Å²) in [7, 11) is -1.86. The first kappa shape index (κ1) is 20.9. The summed E-state index contributed by atoms with van der Waals surface area (Å²) in [5.41, 5.74) is 2.03. The summed E-state index contributed by atoms with van der Waals surface area (Å²) in [4.78, 5) is 12.7. The summed E-state index contributed by atoms with van der Waals surface area (Å²) >= 11 is 0. The molecule has 1 atom stereocenters. The van der Waals surface area contributed by atoms with Gasteiger partial charge in [-0.2, -0.15) is 4.31 Å². The lowest BCUT2D eigenvalue weighted by molar-refractivity contribution is -0.126. The molecule has 0 saturated carbocycles. The van der Waals surface area contributed by atoms with Crippen LogP contribution in [0.2, 0.25) is 0 Å². The maximum Gasteiger partial charge on any atom is 0.243 e. The van der Waals surface area contributed by atoms with Gasteiger partial charge >= 0.3 is 0 Å². The van der Waals surface area contributed by atoms with Crippen LogP contribution in [0.15, 0.2) is 23.1 Å². The molecule has 1 unspecified atom stereocenters. The van der Waals surface area contributed by atoms with Crippen LogP contribution in [-0.4, -0.2) is 51.5 Å². The van der Waals surface area contributed by atoms with Crippen LogP contribution in [0.25, 0.3) is 0 Å². The highest BCUT2D eigenvalue weighted by Crippen LogP contribution is 2.25. The Morgan fingerprint density at radius 3 is 2.50 bits per heavy atom. The highest BCUT2D eigenvalue weighted by atomic mass is 32.2. The van der Waals surface area contributed by atoms with Crippen molar-refractivity contribution in [3.63, 3.8) is 0 Å². The van der Waals surface area contributed by atoms with Gasteiger partial charge in [0.1, 0.15) is 0 Å². The zero-order valence-electron chi connectivity index (χ0n) is 16.1. The van der Waals surface area contributed by atoms with Gasteiger partial charge in [-0.15, -0.1) is 0 Å². The molecule has 0 spiro atoms. The van der Waals surface area contributed by atoms with Crippen molar-refractivity contribution < 1.29 is 17.9 Å². The molecular weight excluding hydrogens is 352 g/mol.